The highest BCUT2D eigenvalue weighted by Crippen LogP contribution is 2.45. The SMILES string of the molecule is Cc1nc(NC(=O)[C@@H]2c3ccccc3C(=O)N(C)[C@@H]2c2ccc3c(c2)OCO3)sc1C. The first-order valence-corrected chi connectivity index (χ1v) is 10.8. The van der Waals surface area contributed by atoms with Crippen LogP contribution in [0, 0.1) is 13.8 Å². The Bertz CT molecular complexity index is 1190. The molecule has 0 saturated carbocycles. The zero-order chi connectivity index (χ0) is 21.7. The monoisotopic (exact) mass is 435 g/mol. The number of carbonyl (C=O) groups is 2. The Hall–Kier alpha value is -3.39. The lowest BCUT2D eigenvalue weighted by Crippen LogP contribution is -2.44. The van der Waals surface area contributed by atoms with Crippen molar-refractivity contribution in [1.82, 2.24) is 9.88 Å². The fourth-order valence-electron chi connectivity index (χ4n) is 4.18. The number of nitrogens with zero attached hydrogens (tertiary/aromatic N) is 2. The van der Waals surface area contributed by atoms with Crippen LogP contribution in [0.5, 0.6) is 11.5 Å². The van der Waals surface area contributed by atoms with E-state index in [1.54, 1.807) is 18.0 Å². The summed E-state index contributed by atoms with van der Waals surface area (Å²) in [7, 11) is 1.73. The van der Waals surface area contributed by atoms with Crippen LogP contribution in [0.2, 0.25) is 0 Å². The van der Waals surface area contributed by atoms with Crippen molar-refractivity contribution in [2.75, 3.05) is 19.2 Å². The van der Waals surface area contributed by atoms with Gasteiger partial charge < -0.3 is 19.7 Å². The van der Waals surface area contributed by atoms with Gasteiger partial charge in [0.05, 0.1) is 17.7 Å². The highest BCUT2D eigenvalue weighted by atomic mass is 32.1. The Morgan fingerprint density at radius 3 is 2.71 bits per heavy atom. The first kappa shape index (κ1) is 19.6. The molecule has 2 amide bonds. The normalized spacial score (nSPS) is 19.3. The van der Waals surface area contributed by atoms with E-state index in [9.17, 15) is 9.59 Å². The third-order valence-corrected chi connectivity index (χ3v) is 6.85. The molecule has 2 atom stereocenters. The third kappa shape index (κ3) is 3.23. The van der Waals surface area contributed by atoms with Crippen LogP contribution in [0.3, 0.4) is 0 Å². The number of benzene rings is 2. The zero-order valence-electron chi connectivity index (χ0n) is 17.3. The van der Waals surface area contributed by atoms with E-state index in [-0.39, 0.29) is 18.6 Å². The van der Waals surface area contributed by atoms with Crippen molar-refractivity contribution in [2.45, 2.75) is 25.8 Å². The van der Waals surface area contributed by atoms with Crippen LogP contribution >= 0.6 is 11.3 Å². The first-order valence-electron chi connectivity index (χ1n) is 9.94. The summed E-state index contributed by atoms with van der Waals surface area (Å²) in [6.45, 7) is 4.05. The summed E-state index contributed by atoms with van der Waals surface area (Å²) >= 11 is 1.44. The Morgan fingerprint density at radius 1 is 1.16 bits per heavy atom. The second-order valence-electron chi connectivity index (χ2n) is 7.69. The third-order valence-electron chi connectivity index (χ3n) is 5.86. The van der Waals surface area contributed by atoms with E-state index in [1.807, 2.05) is 50.2 Å². The molecule has 0 fully saturated rings. The minimum absolute atomic E-state index is 0.122. The Kier molecular flexibility index (Phi) is 4.66. The summed E-state index contributed by atoms with van der Waals surface area (Å²) in [5.74, 6) is 0.335. The number of aryl methyl sites for hydroxylation is 2. The van der Waals surface area contributed by atoms with E-state index in [0.717, 1.165) is 16.1 Å². The maximum atomic E-state index is 13.6. The van der Waals surface area contributed by atoms with E-state index >= 15 is 0 Å². The first-order chi connectivity index (χ1) is 14.9. The molecule has 7 nitrogen and oxygen atoms in total. The van der Waals surface area contributed by atoms with E-state index in [2.05, 4.69) is 10.3 Å². The molecule has 0 aliphatic carbocycles. The molecule has 31 heavy (non-hydrogen) atoms. The summed E-state index contributed by atoms with van der Waals surface area (Å²) in [6.07, 6.45) is 0. The van der Waals surface area contributed by atoms with E-state index in [0.29, 0.717) is 27.8 Å². The molecule has 1 N–H and O–H groups in total. The van der Waals surface area contributed by atoms with Crippen LogP contribution in [0.4, 0.5) is 5.13 Å². The van der Waals surface area contributed by atoms with Gasteiger partial charge in [-0.15, -0.1) is 11.3 Å². The van der Waals surface area contributed by atoms with Crippen LogP contribution in [-0.2, 0) is 4.79 Å². The number of anilines is 1. The van der Waals surface area contributed by atoms with Crippen LogP contribution in [-0.4, -0.2) is 35.5 Å². The average molecular weight is 436 g/mol. The molecule has 158 valence electrons. The molecule has 8 heteroatoms. The van der Waals surface area contributed by atoms with Crippen LogP contribution in [0.15, 0.2) is 42.5 Å². The van der Waals surface area contributed by atoms with E-state index in [4.69, 9.17) is 9.47 Å². The second kappa shape index (κ2) is 7.39. The minimum Gasteiger partial charge on any atom is -0.454 e. The van der Waals surface area contributed by atoms with Gasteiger partial charge in [0.15, 0.2) is 16.6 Å². The fraction of sp³-hybridized carbons (Fsp3) is 0.261. The van der Waals surface area contributed by atoms with Gasteiger partial charge in [0.25, 0.3) is 5.91 Å². The lowest BCUT2D eigenvalue weighted by molar-refractivity contribution is -0.119. The molecule has 3 heterocycles. The highest BCUT2D eigenvalue weighted by molar-refractivity contribution is 7.15. The number of likely N-dealkylation sites (N-methyl/N-ethyl adjacent to an activating group) is 1. The smallest absolute Gasteiger partial charge is 0.254 e. The second-order valence-corrected chi connectivity index (χ2v) is 8.89. The van der Waals surface area contributed by atoms with Crippen molar-refractivity contribution >= 4 is 28.3 Å². The maximum Gasteiger partial charge on any atom is 0.254 e. The van der Waals surface area contributed by atoms with Gasteiger partial charge in [-0.25, -0.2) is 4.98 Å². The van der Waals surface area contributed by atoms with Gasteiger partial charge in [-0.1, -0.05) is 24.3 Å². The number of hydrogen-bond donors (Lipinski definition) is 1. The van der Waals surface area contributed by atoms with Gasteiger partial charge in [-0.05, 0) is 43.2 Å². The number of thiazole rings is 1. The van der Waals surface area contributed by atoms with Gasteiger partial charge in [0, 0.05) is 17.5 Å². The minimum atomic E-state index is -0.608. The number of hydrogen-bond acceptors (Lipinski definition) is 6. The topological polar surface area (TPSA) is 80.8 Å². The largest absolute Gasteiger partial charge is 0.454 e. The number of amides is 2. The molecule has 2 aliphatic rings. The van der Waals surface area contributed by atoms with Gasteiger partial charge in [-0.3, -0.25) is 9.59 Å². The molecular formula is C23H21N3O4S. The Labute approximate surface area is 183 Å². The van der Waals surface area contributed by atoms with Gasteiger partial charge in [0.2, 0.25) is 12.7 Å². The zero-order valence-corrected chi connectivity index (χ0v) is 18.2. The molecule has 2 aliphatic heterocycles. The van der Waals surface area contributed by atoms with Gasteiger partial charge in [0.1, 0.15) is 0 Å². The number of ether oxygens (including phenoxy) is 2. The Balaban J connectivity index is 1.60. The molecule has 1 aromatic heterocycles. The highest BCUT2D eigenvalue weighted by Gasteiger charge is 2.43. The summed E-state index contributed by atoms with van der Waals surface area (Å²) in [6, 6.07) is 12.3. The quantitative estimate of drug-likeness (QED) is 0.672. The molecular weight excluding hydrogens is 414 g/mol. The van der Waals surface area contributed by atoms with Crippen molar-refractivity contribution in [2.24, 2.45) is 0 Å². The van der Waals surface area contributed by atoms with Crippen LogP contribution < -0.4 is 14.8 Å². The number of rotatable bonds is 3. The van der Waals surface area contributed by atoms with Crippen molar-refractivity contribution in [1.29, 1.82) is 0 Å². The lowest BCUT2D eigenvalue weighted by Gasteiger charge is -2.39. The molecule has 0 spiro atoms. The van der Waals surface area contributed by atoms with Crippen molar-refractivity contribution in [3.63, 3.8) is 0 Å². The number of nitrogens with one attached hydrogen (secondary N) is 1. The molecule has 3 aromatic rings. The van der Waals surface area contributed by atoms with Gasteiger partial charge in [-0.2, -0.15) is 0 Å². The summed E-state index contributed by atoms with van der Waals surface area (Å²) in [4.78, 5) is 33.9. The standard InChI is InChI=1S/C23H21N3O4S/c1-12-13(2)31-23(24-12)25-21(27)19-15-6-4-5-7-16(15)22(28)26(3)20(19)14-8-9-17-18(10-14)30-11-29-17/h4-10,19-20H,11H2,1-3H3,(H,24,25,27)/t19-,20-/m1/s1. The maximum absolute atomic E-state index is 13.6. The van der Waals surface area contributed by atoms with Crippen LogP contribution in [0.25, 0.3) is 0 Å². The van der Waals surface area contributed by atoms with Gasteiger partial charge >= 0.3 is 0 Å². The molecule has 2 aromatic carbocycles. The summed E-state index contributed by atoms with van der Waals surface area (Å²) in [5, 5.41) is 3.53. The van der Waals surface area contributed by atoms with Crippen molar-refractivity contribution in [3.05, 3.63) is 69.7 Å². The molecule has 5 rings (SSSR count). The Morgan fingerprint density at radius 2 is 1.94 bits per heavy atom. The fourth-order valence-corrected chi connectivity index (χ4v) is 5.00. The average Bonchev–Trinajstić information content (AvgIpc) is 3.35. The predicted octanol–water partition coefficient (Wildman–Crippen LogP) is 4.04. The molecule has 0 bridgehead atoms. The van der Waals surface area contributed by atoms with E-state index in [1.165, 1.54) is 11.3 Å². The number of aromatic nitrogens is 1. The number of carbonyl (C=O) groups excluding carboxylic acids is 2. The lowest BCUT2D eigenvalue weighted by atomic mass is 9.79. The predicted molar refractivity (Wildman–Crippen MR) is 117 cm³/mol. The number of fused-ring (bicyclic) bond motifs is 2. The summed E-state index contributed by atoms with van der Waals surface area (Å²) < 4.78 is 11.0. The van der Waals surface area contributed by atoms with Crippen molar-refractivity contribution < 1.29 is 19.1 Å². The summed E-state index contributed by atoms with van der Waals surface area (Å²) in [5.41, 5.74) is 2.94. The van der Waals surface area contributed by atoms with E-state index < -0.39 is 12.0 Å². The molecule has 0 saturated heterocycles. The molecule has 0 radical (unpaired) electrons. The van der Waals surface area contributed by atoms with Crippen LogP contribution in [0.1, 0.15) is 44.0 Å². The van der Waals surface area contributed by atoms with Crippen molar-refractivity contribution in [3.8, 4) is 11.5 Å². The molecule has 0 unspecified atom stereocenters.